The second-order valence-electron chi connectivity index (χ2n) is 4.40. The quantitative estimate of drug-likeness (QED) is 0.351. The SMILES string of the molecule is O=C(OCC(=O)c1ccccc1Cl)c1ccc(Cl)c([N+](=O)[O-])c1. The van der Waals surface area contributed by atoms with Crippen molar-refractivity contribution in [3.63, 3.8) is 0 Å². The van der Waals surface area contributed by atoms with E-state index in [9.17, 15) is 19.7 Å². The largest absolute Gasteiger partial charge is 0.454 e. The molecule has 0 aliphatic heterocycles. The fourth-order valence-electron chi connectivity index (χ4n) is 1.76. The average molecular weight is 354 g/mol. The lowest BCUT2D eigenvalue weighted by molar-refractivity contribution is -0.384. The maximum Gasteiger partial charge on any atom is 0.338 e. The molecule has 0 heterocycles. The Labute approximate surface area is 140 Å². The molecule has 0 unspecified atom stereocenters. The van der Waals surface area contributed by atoms with Gasteiger partial charge < -0.3 is 4.74 Å². The molecule has 2 aromatic rings. The summed E-state index contributed by atoms with van der Waals surface area (Å²) in [5, 5.41) is 10.9. The molecule has 0 aromatic heterocycles. The number of hydrogen-bond acceptors (Lipinski definition) is 5. The minimum Gasteiger partial charge on any atom is -0.454 e. The molecule has 0 saturated carbocycles. The summed E-state index contributed by atoms with van der Waals surface area (Å²) in [6.07, 6.45) is 0. The normalized spacial score (nSPS) is 10.2. The number of benzene rings is 2. The predicted octanol–water partition coefficient (Wildman–Crippen LogP) is 3.94. The summed E-state index contributed by atoms with van der Waals surface area (Å²) in [6.45, 7) is -0.529. The highest BCUT2D eigenvalue weighted by atomic mass is 35.5. The van der Waals surface area contributed by atoms with Crippen LogP contribution < -0.4 is 0 Å². The number of rotatable bonds is 5. The maximum absolute atomic E-state index is 11.9. The third-order valence-corrected chi connectivity index (χ3v) is 3.54. The third kappa shape index (κ3) is 4.06. The number of halogens is 2. The van der Waals surface area contributed by atoms with E-state index in [2.05, 4.69) is 0 Å². The Morgan fingerprint density at radius 3 is 2.43 bits per heavy atom. The molecule has 2 rings (SSSR count). The molecule has 8 heteroatoms. The first-order valence-electron chi connectivity index (χ1n) is 6.29. The van der Waals surface area contributed by atoms with E-state index in [1.165, 1.54) is 18.2 Å². The standard InChI is InChI=1S/C15H9Cl2NO5/c16-11-4-2-1-3-10(11)14(19)8-23-15(20)9-5-6-12(17)13(7-9)18(21)22/h1-7H,8H2. The summed E-state index contributed by atoms with van der Waals surface area (Å²) in [5.74, 6) is -1.35. The Bertz CT molecular complexity index is 791. The van der Waals surface area contributed by atoms with Gasteiger partial charge in [-0.2, -0.15) is 0 Å². The number of Topliss-reactive ketones (excluding diaryl/α,β-unsaturated/α-hetero) is 1. The van der Waals surface area contributed by atoms with Crippen molar-refractivity contribution < 1.29 is 19.2 Å². The summed E-state index contributed by atoms with van der Waals surface area (Å²) in [5.41, 5.74) is -0.268. The number of nitrogens with zero attached hydrogens (tertiary/aromatic N) is 1. The van der Waals surface area contributed by atoms with Crippen LogP contribution in [-0.2, 0) is 4.74 Å². The van der Waals surface area contributed by atoms with Gasteiger partial charge in [-0.1, -0.05) is 35.3 Å². The van der Waals surface area contributed by atoms with E-state index >= 15 is 0 Å². The van der Waals surface area contributed by atoms with Gasteiger partial charge >= 0.3 is 5.97 Å². The lowest BCUT2D eigenvalue weighted by atomic mass is 10.1. The smallest absolute Gasteiger partial charge is 0.338 e. The Morgan fingerprint density at radius 2 is 1.78 bits per heavy atom. The fraction of sp³-hybridized carbons (Fsp3) is 0.0667. The van der Waals surface area contributed by atoms with Gasteiger partial charge in [0.05, 0.1) is 15.5 Å². The summed E-state index contributed by atoms with van der Waals surface area (Å²) in [4.78, 5) is 33.9. The Kier molecular flexibility index (Phi) is 5.31. The molecule has 0 aliphatic rings. The van der Waals surface area contributed by atoms with Gasteiger partial charge in [0, 0.05) is 11.6 Å². The first kappa shape index (κ1) is 16.9. The van der Waals surface area contributed by atoms with Gasteiger partial charge in [-0.05, 0) is 24.3 Å². The van der Waals surface area contributed by atoms with Gasteiger partial charge in [-0.3, -0.25) is 14.9 Å². The van der Waals surface area contributed by atoms with Crippen LogP contribution in [0.5, 0.6) is 0 Å². The molecule has 0 atom stereocenters. The molecular formula is C15H9Cl2NO5. The monoisotopic (exact) mass is 353 g/mol. The van der Waals surface area contributed by atoms with Crippen molar-refractivity contribution in [2.45, 2.75) is 0 Å². The van der Waals surface area contributed by atoms with Crippen LogP contribution in [0, 0.1) is 10.1 Å². The molecule has 0 fully saturated rings. The van der Waals surface area contributed by atoms with E-state index < -0.39 is 29.0 Å². The number of carbonyl (C=O) groups excluding carboxylic acids is 2. The van der Waals surface area contributed by atoms with Crippen LogP contribution >= 0.6 is 23.2 Å². The molecule has 0 saturated heterocycles. The number of esters is 1. The van der Waals surface area contributed by atoms with E-state index in [0.717, 1.165) is 6.07 Å². The highest BCUT2D eigenvalue weighted by Crippen LogP contribution is 2.25. The van der Waals surface area contributed by atoms with Crippen LogP contribution in [0.15, 0.2) is 42.5 Å². The molecule has 0 amide bonds. The fourth-order valence-corrected chi connectivity index (χ4v) is 2.19. The van der Waals surface area contributed by atoms with Gasteiger partial charge in [0.15, 0.2) is 6.61 Å². The third-order valence-electron chi connectivity index (χ3n) is 2.89. The lowest BCUT2D eigenvalue weighted by Crippen LogP contribution is -2.14. The Hall–Kier alpha value is -2.44. The lowest BCUT2D eigenvalue weighted by Gasteiger charge is -2.06. The molecule has 23 heavy (non-hydrogen) atoms. The van der Waals surface area contributed by atoms with Crippen LogP contribution in [0.4, 0.5) is 5.69 Å². The second-order valence-corrected chi connectivity index (χ2v) is 5.22. The van der Waals surface area contributed by atoms with E-state index in [-0.39, 0.29) is 21.2 Å². The van der Waals surface area contributed by atoms with Gasteiger partial charge in [0.1, 0.15) is 5.02 Å². The molecule has 6 nitrogen and oxygen atoms in total. The van der Waals surface area contributed by atoms with E-state index in [1.807, 2.05) is 0 Å². The van der Waals surface area contributed by atoms with Crippen LogP contribution in [0.25, 0.3) is 0 Å². The molecule has 0 radical (unpaired) electrons. The topological polar surface area (TPSA) is 86.5 Å². The molecule has 118 valence electrons. The summed E-state index contributed by atoms with van der Waals surface area (Å²) in [6, 6.07) is 9.82. The number of ketones is 1. The van der Waals surface area contributed by atoms with Gasteiger partial charge in [0.25, 0.3) is 5.69 Å². The van der Waals surface area contributed by atoms with Gasteiger partial charge in [-0.25, -0.2) is 4.79 Å². The van der Waals surface area contributed by atoms with Crippen molar-refractivity contribution in [2.75, 3.05) is 6.61 Å². The average Bonchev–Trinajstić information content (AvgIpc) is 2.52. The molecule has 0 bridgehead atoms. The van der Waals surface area contributed by atoms with Crippen molar-refractivity contribution in [2.24, 2.45) is 0 Å². The first-order chi connectivity index (χ1) is 10.9. The van der Waals surface area contributed by atoms with E-state index in [4.69, 9.17) is 27.9 Å². The molecular weight excluding hydrogens is 345 g/mol. The van der Waals surface area contributed by atoms with Gasteiger partial charge in [-0.15, -0.1) is 0 Å². The number of carbonyl (C=O) groups is 2. The first-order valence-corrected chi connectivity index (χ1v) is 7.04. The zero-order chi connectivity index (χ0) is 17.0. The minimum absolute atomic E-state index is 0.0759. The second kappa shape index (κ2) is 7.21. The predicted molar refractivity (Wildman–Crippen MR) is 84.2 cm³/mol. The van der Waals surface area contributed by atoms with Crippen molar-refractivity contribution in [1.82, 2.24) is 0 Å². The van der Waals surface area contributed by atoms with Crippen LogP contribution in [0.3, 0.4) is 0 Å². The van der Waals surface area contributed by atoms with Crippen LogP contribution in [0.1, 0.15) is 20.7 Å². The zero-order valence-corrected chi connectivity index (χ0v) is 13.0. The number of nitro benzene ring substituents is 1. The summed E-state index contributed by atoms with van der Waals surface area (Å²) >= 11 is 11.5. The maximum atomic E-state index is 11.9. The minimum atomic E-state index is -0.870. The van der Waals surface area contributed by atoms with Crippen molar-refractivity contribution in [3.05, 3.63) is 73.8 Å². The van der Waals surface area contributed by atoms with Crippen molar-refractivity contribution >= 4 is 40.6 Å². The zero-order valence-electron chi connectivity index (χ0n) is 11.5. The summed E-state index contributed by atoms with van der Waals surface area (Å²) in [7, 11) is 0. The highest BCUT2D eigenvalue weighted by Gasteiger charge is 2.18. The van der Waals surface area contributed by atoms with Crippen molar-refractivity contribution in [1.29, 1.82) is 0 Å². The van der Waals surface area contributed by atoms with Gasteiger partial charge in [0.2, 0.25) is 5.78 Å². The molecule has 2 aromatic carbocycles. The molecule has 0 aliphatic carbocycles. The molecule has 0 spiro atoms. The van der Waals surface area contributed by atoms with E-state index in [1.54, 1.807) is 18.2 Å². The number of nitro groups is 1. The number of ether oxygens (including phenoxy) is 1. The summed E-state index contributed by atoms with van der Waals surface area (Å²) < 4.78 is 4.86. The van der Waals surface area contributed by atoms with Crippen LogP contribution in [-0.4, -0.2) is 23.3 Å². The van der Waals surface area contributed by atoms with Crippen molar-refractivity contribution in [3.8, 4) is 0 Å². The van der Waals surface area contributed by atoms with E-state index in [0.29, 0.717) is 0 Å². The number of hydrogen-bond donors (Lipinski definition) is 0. The Balaban J connectivity index is 2.08. The highest BCUT2D eigenvalue weighted by molar-refractivity contribution is 6.34. The Morgan fingerprint density at radius 1 is 1.09 bits per heavy atom. The molecule has 0 N–H and O–H groups in total. The van der Waals surface area contributed by atoms with Crippen LogP contribution in [0.2, 0.25) is 10.0 Å².